The van der Waals surface area contributed by atoms with Crippen LogP contribution in [0.15, 0.2) is 65.1 Å². The molecule has 0 unspecified atom stereocenters. The zero-order valence-electron chi connectivity index (χ0n) is 11.6. The molecule has 0 amide bonds. The van der Waals surface area contributed by atoms with Gasteiger partial charge in [0, 0.05) is 5.56 Å². The molecule has 0 bridgehead atoms. The van der Waals surface area contributed by atoms with Gasteiger partial charge in [0.25, 0.3) is 0 Å². The standard InChI is InChI=1S/C18H14O3/c1-20-14-6-4-5-13(11-14)16-7-2-3-8-17(16)18-10-9-15(12-19)21-18/h2-12H,1H3. The van der Waals surface area contributed by atoms with Crippen LogP contribution in [0.5, 0.6) is 5.75 Å². The molecule has 0 atom stereocenters. The molecule has 3 nitrogen and oxygen atoms in total. The minimum Gasteiger partial charge on any atom is -0.497 e. The van der Waals surface area contributed by atoms with Crippen molar-refractivity contribution in [2.45, 2.75) is 0 Å². The van der Waals surface area contributed by atoms with Crippen LogP contribution in [-0.4, -0.2) is 13.4 Å². The Morgan fingerprint density at radius 3 is 2.48 bits per heavy atom. The van der Waals surface area contributed by atoms with E-state index in [4.69, 9.17) is 9.15 Å². The third kappa shape index (κ3) is 2.58. The predicted molar refractivity (Wildman–Crippen MR) is 81.5 cm³/mol. The van der Waals surface area contributed by atoms with Crippen molar-refractivity contribution in [3.05, 3.63) is 66.4 Å². The van der Waals surface area contributed by atoms with Crippen LogP contribution in [0.1, 0.15) is 10.6 Å². The number of hydrogen-bond donors (Lipinski definition) is 0. The molecule has 0 saturated carbocycles. The Bertz CT molecular complexity index is 771. The van der Waals surface area contributed by atoms with Gasteiger partial charge in [-0.3, -0.25) is 4.79 Å². The fourth-order valence-corrected chi connectivity index (χ4v) is 2.30. The highest BCUT2D eigenvalue weighted by Gasteiger charge is 2.11. The van der Waals surface area contributed by atoms with E-state index in [9.17, 15) is 4.79 Å². The van der Waals surface area contributed by atoms with Crippen molar-refractivity contribution in [1.29, 1.82) is 0 Å². The largest absolute Gasteiger partial charge is 0.497 e. The summed E-state index contributed by atoms with van der Waals surface area (Å²) in [7, 11) is 1.65. The maximum Gasteiger partial charge on any atom is 0.185 e. The molecule has 0 aliphatic carbocycles. The summed E-state index contributed by atoms with van der Waals surface area (Å²) in [5.41, 5.74) is 3.01. The van der Waals surface area contributed by atoms with Crippen LogP contribution < -0.4 is 4.74 Å². The van der Waals surface area contributed by atoms with Crippen molar-refractivity contribution in [3.63, 3.8) is 0 Å². The van der Waals surface area contributed by atoms with Gasteiger partial charge in [-0.2, -0.15) is 0 Å². The van der Waals surface area contributed by atoms with Gasteiger partial charge in [-0.1, -0.05) is 36.4 Å². The van der Waals surface area contributed by atoms with E-state index < -0.39 is 0 Å². The van der Waals surface area contributed by atoms with Crippen LogP contribution in [0.4, 0.5) is 0 Å². The second kappa shape index (κ2) is 5.67. The minimum atomic E-state index is 0.324. The summed E-state index contributed by atoms with van der Waals surface area (Å²) in [5.74, 6) is 1.80. The van der Waals surface area contributed by atoms with Gasteiger partial charge in [0.2, 0.25) is 0 Å². The topological polar surface area (TPSA) is 39.4 Å². The van der Waals surface area contributed by atoms with E-state index in [1.807, 2.05) is 54.6 Å². The maximum absolute atomic E-state index is 10.8. The molecule has 0 saturated heterocycles. The SMILES string of the molecule is COc1cccc(-c2ccccc2-c2ccc(C=O)o2)c1. The molecule has 0 radical (unpaired) electrons. The fourth-order valence-electron chi connectivity index (χ4n) is 2.30. The van der Waals surface area contributed by atoms with Crippen molar-refractivity contribution in [3.8, 4) is 28.2 Å². The Labute approximate surface area is 122 Å². The molecule has 0 fully saturated rings. The second-order valence-electron chi connectivity index (χ2n) is 4.60. The predicted octanol–water partition coefficient (Wildman–Crippen LogP) is 4.43. The van der Waals surface area contributed by atoms with Crippen molar-refractivity contribution in [2.75, 3.05) is 7.11 Å². The molecule has 0 N–H and O–H groups in total. The summed E-state index contributed by atoms with van der Waals surface area (Å²) < 4.78 is 10.8. The second-order valence-corrected chi connectivity index (χ2v) is 4.60. The first-order chi connectivity index (χ1) is 10.3. The van der Waals surface area contributed by atoms with E-state index in [1.165, 1.54) is 0 Å². The molecule has 21 heavy (non-hydrogen) atoms. The van der Waals surface area contributed by atoms with Crippen LogP contribution in [0.2, 0.25) is 0 Å². The third-order valence-electron chi connectivity index (χ3n) is 3.32. The van der Waals surface area contributed by atoms with Gasteiger partial charge >= 0.3 is 0 Å². The van der Waals surface area contributed by atoms with Crippen molar-refractivity contribution < 1.29 is 13.9 Å². The molecule has 104 valence electrons. The average Bonchev–Trinajstić information content (AvgIpc) is 3.04. The molecule has 0 aliphatic heterocycles. The van der Waals surface area contributed by atoms with Gasteiger partial charge in [-0.25, -0.2) is 0 Å². The number of carbonyl (C=O) groups excluding carboxylic acids is 1. The van der Waals surface area contributed by atoms with Gasteiger partial charge < -0.3 is 9.15 Å². The van der Waals surface area contributed by atoms with Gasteiger partial charge in [-0.05, 0) is 35.4 Å². The number of ether oxygens (including phenoxy) is 1. The van der Waals surface area contributed by atoms with Crippen LogP contribution in [0, 0.1) is 0 Å². The number of aldehydes is 1. The Morgan fingerprint density at radius 1 is 0.952 bits per heavy atom. The number of rotatable bonds is 4. The van der Waals surface area contributed by atoms with Crippen molar-refractivity contribution in [1.82, 2.24) is 0 Å². The Hall–Kier alpha value is -2.81. The maximum atomic E-state index is 10.8. The lowest BCUT2D eigenvalue weighted by Gasteiger charge is -2.09. The highest BCUT2D eigenvalue weighted by Crippen LogP contribution is 2.34. The Balaban J connectivity index is 2.12. The summed E-state index contributed by atoms with van der Waals surface area (Å²) in [4.78, 5) is 10.8. The lowest BCUT2D eigenvalue weighted by atomic mass is 9.98. The molecule has 0 aliphatic rings. The van der Waals surface area contributed by atoms with Crippen LogP contribution in [0.3, 0.4) is 0 Å². The third-order valence-corrected chi connectivity index (χ3v) is 3.32. The molecule has 1 aromatic heterocycles. The van der Waals surface area contributed by atoms with Crippen LogP contribution in [0.25, 0.3) is 22.5 Å². The summed E-state index contributed by atoms with van der Waals surface area (Å²) in [6.45, 7) is 0. The van der Waals surface area contributed by atoms with Crippen molar-refractivity contribution in [2.24, 2.45) is 0 Å². The highest BCUT2D eigenvalue weighted by atomic mass is 16.5. The smallest absolute Gasteiger partial charge is 0.185 e. The average molecular weight is 278 g/mol. The van der Waals surface area contributed by atoms with E-state index in [1.54, 1.807) is 13.2 Å². The van der Waals surface area contributed by atoms with E-state index >= 15 is 0 Å². The number of benzene rings is 2. The number of methoxy groups -OCH3 is 1. The Kier molecular flexibility index (Phi) is 3.56. The minimum absolute atomic E-state index is 0.324. The highest BCUT2D eigenvalue weighted by molar-refractivity contribution is 5.83. The molecular weight excluding hydrogens is 264 g/mol. The van der Waals surface area contributed by atoms with Crippen molar-refractivity contribution >= 4 is 6.29 Å². The quantitative estimate of drug-likeness (QED) is 0.662. The molecule has 1 heterocycles. The van der Waals surface area contributed by atoms with Gasteiger partial charge in [0.05, 0.1) is 7.11 Å². The number of hydrogen-bond acceptors (Lipinski definition) is 3. The number of furan rings is 1. The monoisotopic (exact) mass is 278 g/mol. The zero-order valence-corrected chi connectivity index (χ0v) is 11.6. The van der Waals surface area contributed by atoms with E-state index in [0.717, 1.165) is 22.4 Å². The zero-order chi connectivity index (χ0) is 14.7. The lowest BCUT2D eigenvalue weighted by Crippen LogP contribution is -1.86. The van der Waals surface area contributed by atoms with E-state index in [0.29, 0.717) is 17.8 Å². The van der Waals surface area contributed by atoms with E-state index in [-0.39, 0.29) is 0 Å². The summed E-state index contributed by atoms with van der Waals surface area (Å²) >= 11 is 0. The van der Waals surface area contributed by atoms with E-state index in [2.05, 4.69) is 0 Å². The summed E-state index contributed by atoms with van der Waals surface area (Å²) in [6.07, 6.45) is 0.706. The molecule has 3 aromatic rings. The molecule has 3 rings (SSSR count). The molecule has 2 aromatic carbocycles. The first-order valence-corrected chi connectivity index (χ1v) is 6.60. The summed E-state index contributed by atoms with van der Waals surface area (Å²) in [5, 5.41) is 0. The van der Waals surface area contributed by atoms with Crippen LogP contribution >= 0.6 is 0 Å². The molecule has 3 heteroatoms. The van der Waals surface area contributed by atoms with Gasteiger partial charge in [-0.15, -0.1) is 0 Å². The number of carbonyl (C=O) groups is 1. The molecular formula is C18H14O3. The molecule has 0 spiro atoms. The van der Waals surface area contributed by atoms with Crippen LogP contribution in [-0.2, 0) is 0 Å². The Morgan fingerprint density at radius 2 is 1.76 bits per heavy atom. The van der Waals surface area contributed by atoms with Gasteiger partial charge in [0.1, 0.15) is 11.5 Å². The first-order valence-electron chi connectivity index (χ1n) is 6.60. The van der Waals surface area contributed by atoms with Gasteiger partial charge in [0.15, 0.2) is 12.0 Å². The lowest BCUT2D eigenvalue weighted by molar-refractivity contribution is 0.110. The summed E-state index contributed by atoms with van der Waals surface area (Å²) in [6, 6.07) is 19.2. The normalized spacial score (nSPS) is 10.3. The first kappa shape index (κ1) is 13.2. The fraction of sp³-hybridized carbons (Fsp3) is 0.0556.